The molecule has 0 radical (unpaired) electrons. The summed E-state index contributed by atoms with van der Waals surface area (Å²) in [5.41, 5.74) is 5.56. The van der Waals surface area contributed by atoms with E-state index >= 15 is 0 Å². The van der Waals surface area contributed by atoms with Crippen LogP contribution in [-0.2, 0) is 6.54 Å². The Bertz CT molecular complexity index is 312. The van der Waals surface area contributed by atoms with E-state index in [9.17, 15) is 0 Å². The average molecular weight is 226 g/mol. The third kappa shape index (κ3) is 3.14. The smallest absolute Gasteiger partial charge is 0.203 e. The monoisotopic (exact) mass is 226 g/mol. The predicted molar refractivity (Wildman–Crippen MR) is 62.6 cm³/mol. The second-order valence-corrected chi connectivity index (χ2v) is 5.44. The van der Waals surface area contributed by atoms with Crippen molar-refractivity contribution < 1.29 is 0 Å². The van der Waals surface area contributed by atoms with Crippen LogP contribution in [0.3, 0.4) is 0 Å². The van der Waals surface area contributed by atoms with Crippen LogP contribution in [0.25, 0.3) is 0 Å². The zero-order valence-corrected chi connectivity index (χ0v) is 9.96. The number of hydrogen-bond acceptors (Lipinski definition) is 5. The van der Waals surface area contributed by atoms with E-state index in [1.165, 1.54) is 43.7 Å². The Balaban J connectivity index is 1.88. The maximum atomic E-state index is 5.56. The normalized spacial score (nSPS) is 23.9. The molecule has 1 aromatic heterocycles. The van der Waals surface area contributed by atoms with Crippen molar-refractivity contribution in [3.05, 3.63) is 5.01 Å². The third-order valence-electron chi connectivity index (χ3n) is 2.95. The maximum Gasteiger partial charge on any atom is 0.203 e. The molecule has 0 saturated carbocycles. The summed E-state index contributed by atoms with van der Waals surface area (Å²) in [6.07, 6.45) is 3.96. The molecule has 0 amide bonds. The first-order valence-corrected chi connectivity index (χ1v) is 6.36. The molecule has 1 aromatic rings. The molecule has 2 rings (SSSR count). The van der Waals surface area contributed by atoms with Crippen LogP contribution < -0.4 is 5.73 Å². The van der Waals surface area contributed by atoms with Gasteiger partial charge in [-0.3, -0.25) is 4.90 Å². The number of aromatic nitrogens is 2. The minimum absolute atomic E-state index is 0.577. The molecule has 84 valence electrons. The van der Waals surface area contributed by atoms with Gasteiger partial charge >= 0.3 is 0 Å². The Labute approximate surface area is 94.5 Å². The van der Waals surface area contributed by atoms with E-state index in [0.29, 0.717) is 5.13 Å². The van der Waals surface area contributed by atoms with E-state index in [0.717, 1.165) is 17.5 Å². The fourth-order valence-electron chi connectivity index (χ4n) is 2.00. The molecule has 1 aliphatic heterocycles. The number of nitrogens with zero attached hydrogens (tertiary/aromatic N) is 3. The summed E-state index contributed by atoms with van der Waals surface area (Å²) in [7, 11) is 0. The second-order valence-electron chi connectivity index (χ2n) is 4.35. The first-order chi connectivity index (χ1) is 7.24. The Morgan fingerprint density at radius 3 is 3.00 bits per heavy atom. The molecular formula is C10H18N4S. The van der Waals surface area contributed by atoms with Crippen LogP contribution in [0.4, 0.5) is 5.13 Å². The van der Waals surface area contributed by atoms with Crippen molar-refractivity contribution in [1.29, 1.82) is 0 Å². The molecule has 2 heterocycles. The second kappa shape index (κ2) is 4.90. The van der Waals surface area contributed by atoms with Crippen molar-refractivity contribution in [2.75, 3.05) is 18.8 Å². The highest BCUT2D eigenvalue weighted by molar-refractivity contribution is 7.15. The molecule has 15 heavy (non-hydrogen) atoms. The average Bonchev–Trinajstić information content (AvgIpc) is 2.48. The van der Waals surface area contributed by atoms with Crippen molar-refractivity contribution in [3.8, 4) is 0 Å². The number of anilines is 1. The van der Waals surface area contributed by atoms with Gasteiger partial charge in [0.2, 0.25) is 5.13 Å². The summed E-state index contributed by atoms with van der Waals surface area (Å²) in [4.78, 5) is 2.46. The summed E-state index contributed by atoms with van der Waals surface area (Å²) >= 11 is 1.50. The molecule has 1 saturated heterocycles. The highest BCUT2D eigenvalue weighted by Gasteiger charge is 2.15. The van der Waals surface area contributed by atoms with Gasteiger partial charge in [0.05, 0.1) is 6.54 Å². The maximum absolute atomic E-state index is 5.56. The van der Waals surface area contributed by atoms with Crippen molar-refractivity contribution >= 4 is 16.5 Å². The lowest BCUT2D eigenvalue weighted by atomic mass is 10.0. The molecule has 0 aromatic carbocycles. The van der Waals surface area contributed by atoms with Crippen molar-refractivity contribution in [2.45, 2.75) is 32.7 Å². The zero-order chi connectivity index (χ0) is 10.7. The molecule has 5 heteroatoms. The van der Waals surface area contributed by atoms with E-state index in [-0.39, 0.29) is 0 Å². The van der Waals surface area contributed by atoms with Crippen LogP contribution in [0.1, 0.15) is 31.2 Å². The minimum Gasteiger partial charge on any atom is -0.374 e. The summed E-state index contributed by atoms with van der Waals surface area (Å²) in [5.74, 6) is 0.870. The number of rotatable bonds is 2. The molecule has 1 unspecified atom stereocenters. The molecule has 1 aliphatic rings. The summed E-state index contributed by atoms with van der Waals surface area (Å²) < 4.78 is 0. The molecular weight excluding hydrogens is 208 g/mol. The lowest BCUT2D eigenvalue weighted by Crippen LogP contribution is -2.24. The molecule has 0 spiro atoms. The van der Waals surface area contributed by atoms with Gasteiger partial charge in [0, 0.05) is 0 Å². The Hall–Kier alpha value is -0.680. The largest absolute Gasteiger partial charge is 0.374 e. The highest BCUT2D eigenvalue weighted by Crippen LogP contribution is 2.19. The first-order valence-electron chi connectivity index (χ1n) is 5.54. The van der Waals surface area contributed by atoms with Crippen LogP contribution >= 0.6 is 11.3 Å². The molecule has 4 nitrogen and oxygen atoms in total. The number of hydrogen-bond donors (Lipinski definition) is 1. The van der Waals surface area contributed by atoms with Crippen molar-refractivity contribution in [1.82, 2.24) is 15.1 Å². The van der Waals surface area contributed by atoms with Gasteiger partial charge in [0.1, 0.15) is 5.01 Å². The fourth-order valence-corrected chi connectivity index (χ4v) is 2.65. The van der Waals surface area contributed by atoms with E-state index in [4.69, 9.17) is 5.73 Å². The number of nitrogens with two attached hydrogens (primary N) is 1. The first kappa shape index (κ1) is 10.8. The fraction of sp³-hybridized carbons (Fsp3) is 0.800. The van der Waals surface area contributed by atoms with Crippen LogP contribution in [0.15, 0.2) is 0 Å². The minimum atomic E-state index is 0.577. The topological polar surface area (TPSA) is 55.0 Å². The molecule has 1 fully saturated rings. The van der Waals surface area contributed by atoms with E-state index in [1.54, 1.807) is 0 Å². The molecule has 0 aliphatic carbocycles. The lowest BCUT2D eigenvalue weighted by Gasteiger charge is -2.17. The van der Waals surface area contributed by atoms with Gasteiger partial charge in [0.25, 0.3) is 0 Å². The molecule has 1 atom stereocenters. The third-order valence-corrected chi connectivity index (χ3v) is 3.69. The van der Waals surface area contributed by atoms with Gasteiger partial charge in [-0.25, -0.2) is 0 Å². The van der Waals surface area contributed by atoms with Gasteiger partial charge in [-0.05, 0) is 38.3 Å². The zero-order valence-electron chi connectivity index (χ0n) is 9.15. The SMILES string of the molecule is CC1CCCN(Cc2nnc(N)s2)CC1. The van der Waals surface area contributed by atoms with Gasteiger partial charge in [0.15, 0.2) is 0 Å². The summed E-state index contributed by atoms with van der Waals surface area (Å²) in [5, 5.41) is 9.52. The Morgan fingerprint density at radius 2 is 2.27 bits per heavy atom. The van der Waals surface area contributed by atoms with Crippen molar-refractivity contribution in [3.63, 3.8) is 0 Å². The molecule has 0 bridgehead atoms. The van der Waals surface area contributed by atoms with E-state index in [2.05, 4.69) is 22.0 Å². The van der Waals surface area contributed by atoms with Gasteiger partial charge in [-0.15, -0.1) is 10.2 Å². The van der Waals surface area contributed by atoms with Crippen molar-refractivity contribution in [2.24, 2.45) is 5.92 Å². The predicted octanol–water partition coefficient (Wildman–Crippen LogP) is 1.74. The van der Waals surface area contributed by atoms with Gasteiger partial charge < -0.3 is 5.73 Å². The number of likely N-dealkylation sites (tertiary alicyclic amines) is 1. The summed E-state index contributed by atoms with van der Waals surface area (Å²) in [6.45, 7) is 5.62. The van der Waals surface area contributed by atoms with E-state index in [1.807, 2.05) is 0 Å². The lowest BCUT2D eigenvalue weighted by molar-refractivity contribution is 0.272. The Kier molecular flexibility index (Phi) is 3.53. The quantitative estimate of drug-likeness (QED) is 0.834. The van der Waals surface area contributed by atoms with Crippen LogP contribution in [-0.4, -0.2) is 28.2 Å². The van der Waals surface area contributed by atoms with Crippen LogP contribution in [0.5, 0.6) is 0 Å². The van der Waals surface area contributed by atoms with E-state index < -0.39 is 0 Å². The van der Waals surface area contributed by atoms with Crippen LogP contribution in [0.2, 0.25) is 0 Å². The van der Waals surface area contributed by atoms with Gasteiger partial charge in [-0.1, -0.05) is 18.3 Å². The number of nitrogen functional groups attached to an aromatic ring is 1. The standard InChI is InChI=1S/C10H18N4S/c1-8-3-2-5-14(6-4-8)7-9-12-13-10(11)15-9/h8H,2-7H2,1H3,(H2,11,13). The van der Waals surface area contributed by atoms with Gasteiger partial charge in [-0.2, -0.15) is 0 Å². The Morgan fingerprint density at radius 1 is 1.40 bits per heavy atom. The molecule has 2 N–H and O–H groups in total. The summed E-state index contributed by atoms with van der Waals surface area (Å²) in [6, 6.07) is 0. The highest BCUT2D eigenvalue weighted by atomic mass is 32.1. The van der Waals surface area contributed by atoms with Crippen LogP contribution in [0, 0.1) is 5.92 Å².